The first kappa shape index (κ1) is 33.5. The van der Waals surface area contributed by atoms with Crippen LogP contribution in [0.2, 0.25) is 0 Å². The first-order chi connectivity index (χ1) is 3.27. The number of aliphatic hydroxyl groups excluding tert-OH is 1. The van der Waals surface area contributed by atoms with Crippen LogP contribution in [-0.4, -0.2) is 17.5 Å². The summed E-state index contributed by atoms with van der Waals surface area (Å²) in [4.78, 5) is 9.56. The molecule has 0 aromatic carbocycles. The summed E-state index contributed by atoms with van der Waals surface area (Å²) in [5.41, 5.74) is 0. The Balaban J connectivity index is -0.0000000154. The van der Waals surface area contributed by atoms with Crippen LogP contribution in [0.25, 0.3) is 0 Å². The molecule has 2 nitrogen and oxygen atoms in total. The second kappa shape index (κ2) is 38.1. The second-order valence-corrected chi connectivity index (χ2v) is 0.860. The Bertz CT molecular complexity index is 42.5. The van der Waals surface area contributed by atoms with Crippen molar-refractivity contribution in [3.05, 3.63) is 0 Å². The van der Waals surface area contributed by atoms with Gasteiger partial charge in [-0.3, -0.25) is 4.79 Å². The second-order valence-electron chi connectivity index (χ2n) is 0.860. The van der Waals surface area contributed by atoms with Gasteiger partial charge in [-0.2, -0.15) is 0 Å². The SMILES string of the molecule is C.C.C.CC.CC(=O)CO. The molecule has 0 bridgehead atoms. The molecule has 0 unspecified atom stereocenters. The van der Waals surface area contributed by atoms with Crippen molar-refractivity contribution in [1.82, 2.24) is 0 Å². The molecule has 10 heavy (non-hydrogen) atoms. The summed E-state index contributed by atoms with van der Waals surface area (Å²) in [7, 11) is 0. The number of carbonyl (C=O) groups is 1. The van der Waals surface area contributed by atoms with Crippen LogP contribution in [0.1, 0.15) is 43.1 Å². The van der Waals surface area contributed by atoms with Gasteiger partial charge in [-0.25, -0.2) is 0 Å². The van der Waals surface area contributed by atoms with Crippen molar-refractivity contribution in [2.75, 3.05) is 6.61 Å². The number of hydrogen-bond donors (Lipinski definition) is 1. The highest BCUT2D eigenvalue weighted by atomic mass is 16.3. The number of hydrogen-bond acceptors (Lipinski definition) is 2. The van der Waals surface area contributed by atoms with E-state index in [0.29, 0.717) is 0 Å². The molecular formula is C8H24O2. The Morgan fingerprint density at radius 2 is 1.30 bits per heavy atom. The molecule has 0 heterocycles. The predicted molar refractivity (Wildman–Crippen MR) is 49.3 cm³/mol. The van der Waals surface area contributed by atoms with Crippen molar-refractivity contribution in [2.24, 2.45) is 0 Å². The molecule has 0 aromatic heterocycles. The molecule has 0 saturated heterocycles. The first-order valence-corrected chi connectivity index (χ1v) is 2.37. The van der Waals surface area contributed by atoms with Crippen LogP contribution in [0.4, 0.5) is 0 Å². The third-order valence-electron chi connectivity index (χ3n) is 0.223. The minimum atomic E-state index is -0.333. The molecule has 0 aliphatic carbocycles. The summed E-state index contributed by atoms with van der Waals surface area (Å²) >= 11 is 0. The van der Waals surface area contributed by atoms with Crippen LogP contribution in [0, 0.1) is 0 Å². The molecule has 0 aromatic rings. The van der Waals surface area contributed by atoms with Crippen molar-refractivity contribution in [2.45, 2.75) is 43.1 Å². The maximum absolute atomic E-state index is 9.56. The van der Waals surface area contributed by atoms with Gasteiger partial charge in [0.05, 0.1) is 0 Å². The van der Waals surface area contributed by atoms with Crippen molar-refractivity contribution >= 4 is 5.78 Å². The smallest absolute Gasteiger partial charge is 0.155 e. The van der Waals surface area contributed by atoms with Crippen molar-refractivity contribution in [3.63, 3.8) is 0 Å². The quantitative estimate of drug-likeness (QED) is 0.627. The van der Waals surface area contributed by atoms with E-state index in [9.17, 15) is 4.79 Å². The van der Waals surface area contributed by atoms with E-state index in [2.05, 4.69) is 0 Å². The lowest BCUT2D eigenvalue weighted by Gasteiger charge is -1.72. The van der Waals surface area contributed by atoms with E-state index in [1.54, 1.807) is 0 Å². The average Bonchev–Trinajstić information content (AvgIpc) is 1.73. The highest BCUT2D eigenvalue weighted by molar-refractivity contribution is 5.76. The predicted octanol–water partition coefficient (Wildman–Crippen LogP) is 2.50. The Kier molecular flexibility index (Phi) is 128. The van der Waals surface area contributed by atoms with Gasteiger partial charge in [0, 0.05) is 0 Å². The van der Waals surface area contributed by atoms with Gasteiger partial charge in [0.25, 0.3) is 0 Å². The van der Waals surface area contributed by atoms with Crippen LogP contribution in [-0.2, 0) is 4.79 Å². The molecule has 0 spiro atoms. The topological polar surface area (TPSA) is 37.3 Å². The fourth-order valence-electron chi connectivity index (χ4n) is 0. The number of aliphatic hydroxyl groups is 1. The first-order valence-electron chi connectivity index (χ1n) is 2.37. The lowest BCUT2D eigenvalue weighted by atomic mass is 10.5. The van der Waals surface area contributed by atoms with E-state index in [-0.39, 0.29) is 34.7 Å². The largest absolute Gasteiger partial charge is 0.389 e. The van der Waals surface area contributed by atoms with Gasteiger partial charge in [-0.15, -0.1) is 0 Å². The number of Topliss-reactive ketones (excluding diaryl/α,β-unsaturated/α-hetero) is 1. The van der Waals surface area contributed by atoms with E-state index >= 15 is 0 Å². The van der Waals surface area contributed by atoms with E-state index < -0.39 is 0 Å². The molecule has 0 radical (unpaired) electrons. The van der Waals surface area contributed by atoms with Crippen LogP contribution in [0.15, 0.2) is 0 Å². The lowest BCUT2D eigenvalue weighted by molar-refractivity contribution is -0.119. The van der Waals surface area contributed by atoms with Gasteiger partial charge in [-0.1, -0.05) is 36.1 Å². The normalized spacial score (nSPS) is 4.40. The van der Waals surface area contributed by atoms with Crippen molar-refractivity contribution in [3.8, 4) is 0 Å². The number of ketones is 1. The van der Waals surface area contributed by atoms with Gasteiger partial charge in [0.15, 0.2) is 5.78 Å². The van der Waals surface area contributed by atoms with Crippen molar-refractivity contribution in [1.29, 1.82) is 0 Å². The zero-order valence-electron chi connectivity index (χ0n) is 5.06. The number of rotatable bonds is 1. The molecule has 0 fully saturated rings. The Morgan fingerprint density at radius 3 is 1.30 bits per heavy atom. The maximum Gasteiger partial charge on any atom is 0.155 e. The molecule has 0 amide bonds. The van der Waals surface area contributed by atoms with E-state index in [0.717, 1.165) is 0 Å². The molecule has 0 saturated carbocycles. The molecule has 0 aliphatic rings. The molecule has 68 valence electrons. The number of carbonyl (C=O) groups excluding carboxylic acids is 1. The van der Waals surface area contributed by atoms with Gasteiger partial charge in [0.1, 0.15) is 6.61 Å². The Labute approximate surface area is 66.3 Å². The zero-order valence-corrected chi connectivity index (χ0v) is 5.06. The van der Waals surface area contributed by atoms with Crippen LogP contribution in [0.3, 0.4) is 0 Å². The van der Waals surface area contributed by atoms with E-state index in [1.807, 2.05) is 13.8 Å². The molecule has 0 aliphatic heterocycles. The fourth-order valence-corrected chi connectivity index (χ4v) is 0. The molecule has 0 rings (SSSR count). The molecule has 2 heteroatoms. The highest BCUT2D eigenvalue weighted by Gasteiger charge is 1.78. The lowest BCUT2D eigenvalue weighted by Crippen LogP contribution is -1.93. The van der Waals surface area contributed by atoms with Gasteiger partial charge >= 0.3 is 0 Å². The Hall–Kier alpha value is -0.370. The van der Waals surface area contributed by atoms with E-state index in [1.165, 1.54) is 6.92 Å². The Morgan fingerprint density at radius 1 is 1.20 bits per heavy atom. The van der Waals surface area contributed by atoms with Crippen LogP contribution in [0.5, 0.6) is 0 Å². The standard InChI is InChI=1S/C3H6O2.C2H6.3CH4/c1-3(5)2-4;1-2;;;/h4H,2H2,1H3;1-2H3;3*1H4. The third-order valence-corrected chi connectivity index (χ3v) is 0.223. The summed E-state index contributed by atoms with van der Waals surface area (Å²) in [5.74, 6) is -0.190. The maximum atomic E-state index is 9.56. The zero-order chi connectivity index (χ0) is 6.28. The van der Waals surface area contributed by atoms with Gasteiger partial charge < -0.3 is 5.11 Å². The summed E-state index contributed by atoms with van der Waals surface area (Å²) in [6, 6.07) is 0. The van der Waals surface area contributed by atoms with Crippen LogP contribution >= 0.6 is 0 Å². The fraction of sp³-hybridized carbons (Fsp3) is 0.875. The third kappa shape index (κ3) is 126. The monoisotopic (exact) mass is 152 g/mol. The van der Waals surface area contributed by atoms with Gasteiger partial charge in [0.2, 0.25) is 0 Å². The minimum absolute atomic E-state index is 0. The van der Waals surface area contributed by atoms with E-state index in [4.69, 9.17) is 5.11 Å². The highest BCUT2D eigenvalue weighted by Crippen LogP contribution is 1.55. The molecule has 1 N–H and O–H groups in total. The molecule has 0 atom stereocenters. The minimum Gasteiger partial charge on any atom is -0.389 e. The average molecular weight is 152 g/mol. The van der Waals surface area contributed by atoms with Gasteiger partial charge in [-0.05, 0) is 6.92 Å². The summed E-state index contributed by atoms with van der Waals surface area (Å²) < 4.78 is 0. The summed E-state index contributed by atoms with van der Waals surface area (Å²) in [6.07, 6.45) is 0. The van der Waals surface area contributed by atoms with Crippen LogP contribution < -0.4 is 0 Å². The summed E-state index contributed by atoms with van der Waals surface area (Å²) in [5, 5.41) is 7.79. The summed E-state index contributed by atoms with van der Waals surface area (Å²) in [6.45, 7) is 5.00. The molecular weight excluding hydrogens is 128 g/mol. The van der Waals surface area contributed by atoms with Crippen molar-refractivity contribution < 1.29 is 9.90 Å².